The minimum atomic E-state index is -1.34. The van der Waals surface area contributed by atoms with Gasteiger partial charge in [0.05, 0.1) is 29.4 Å². The van der Waals surface area contributed by atoms with Crippen LogP contribution >= 0.6 is 22.9 Å². The first-order valence-corrected chi connectivity index (χ1v) is 4.63. The van der Waals surface area contributed by atoms with Crippen LogP contribution < -0.4 is 0 Å². The van der Waals surface area contributed by atoms with Crippen LogP contribution in [0.25, 0.3) is 0 Å². The number of carbonyl (C=O) groups is 1. The zero-order chi connectivity index (χ0) is 10.1. The molecule has 4 nitrogen and oxygen atoms in total. The first-order chi connectivity index (χ1) is 6.03. The SMILES string of the molecule is C=CC(O)(C=C)[C@@H]1CN(I)C(=O)O1. The van der Waals surface area contributed by atoms with Gasteiger partial charge in [-0.15, -0.1) is 0 Å². The van der Waals surface area contributed by atoms with Crippen molar-refractivity contribution in [2.24, 2.45) is 0 Å². The Morgan fingerprint density at radius 2 is 2.23 bits per heavy atom. The van der Waals surface area contributed by atoms with E-state index >= 15 is 0 Å². The van der Waals surface area contributed by atoms with E-state index < -0.39 is 17.8 Å². The lowest BCUT2D eigenvalue weighted by Gasteiger charge is -2.24. The van der Waals surface area contributed by atoms with Crippen LogP contribution in [0.1, 0.15) is 0 Å². The Morgan fingerprint density at radius 3 is 2.54 bits per heavy atom. The van der Waals surface area contributed by atoms with Gasteiger partial charge < -0.3 is 9.84 Å². The second-order valence-corrected chi connectivity index (χ2v) is 3.88. The van der Waals surface area contributed by atoms with Crippen molar-refractivity contribution >= 4 is 29.0 Å². The van der Waals surface area contributed by atoms with Crippen molar-refractivity contribution in [2.75, 3.05) is 6.54 Å². The quantitative estimate of drug-likeness (QED) is 0.484. The zero-order valence-corrected chi connectivity index (χ0v) is 9.10. The molecule has 0 aromatic heterocycles. The molecule has 1 saturated heterocycles. The molecule has 0 aromatic rings. The number of halogens is 1. The lowest BCUT2D eigenvalue weighted by Crippen LogP contribution is -2.40. The highest BCUT2D eigenvalue weighted by Gasteiger charge is 2.41. The van der Waals surface area contributed by atoms with Gasteiger partial charge in [0.25, 0.3) is 0 Å². The minimum absolute atomic E-state index is 0.327. The van der Waals surface area contributed by atoms with Crippen LogP contribution in [-0.4, -0.2) is 32.6 Å². The molecule has 13 heavy (non-hydrogen) atoms. The van der Waals surface area contributed by atoms with Crippen molar-refractivity contribution < 1.29 is 14.6 Å². The van der Waals surface area contributed by atoms with E-state index in [1.807, 2.05) is 22.9 Å². The smallest absolute Gasteiger partial charge is 0.419 e. The van der Waals surface area contributed by atoms with Crippen LogP contribution in [0.5, 0.6) is 0 Å². The van der Waals surface area contributed by atoms with E-state index in [-0.39, 0.29) is 0 Å². The number of amides is 1. The molecular formula is C8H10INO3. The standard InChI is InChI=1S/C8H10INO3/c1-3-8(12,4-2)6-5-10(9)7(11)13-6/h3-4,6,12H,1-2,5H2/t6-/m0/s1. The summed E-state index contributed by atoms with van der Waals surface area (Å²) in [5.41, 5.74) is -1.34. The molecular weight excluding hydrogens is 285 g/mol. The minimum Gasteiger partial charge on any atom is -0.440 e. The van der Waals surface area contributed by atoms with Gasteiger partial charge in [-0.05, 0) is 0 Å². The van der Waals surface area contributed by atoms with Gasteiger partial charge in [-0.1, -0.05) is 25.3 Å². The summed E-state index contributed by atoms with van der Waals surface area (Å²) >= 11 is 1.82. The summed E-state index contributed by atoms with van der Waals surface area (Å²) in [6.07, 6.45) is 1.56. The summed E-state index contributed by atoms with van der Waals surface area (Å²) in [4.78, 5) is 11.0. The summed E-state index contributed by atoms with van der Waals surface area (Å²) in [6.45, 7) is 7.26. The van der Waals surface area contributed by atoms with Gasteiger partial charge in [-0.25, -0.2) is 7.91 Å². The van der Waals surface area contributed by atoms with E-state index in [4.69, 9.17) is 4.74 Å². The average molecular weight is 295 g/mol. The maximum Gasteiger partial charge on any atom is 0.419 e. The molecule has 0 radical (unpaired) electrons. The molecule has 72 valence electrons. The van der Waals surface area contributed by atoms with Crippen LogP contribution in [0.15, 0.2) is 25.3 Å². The van der Waals surface area contributed by atoms with E-state index in [9.17, 15) is 9.90 Å². The highest BCUT2D eigenvalue weighted by Crippen LogP contribution is 2.25. The van der Waals surface area contributed by atoms with Crippen molar-refractivity contribution in [1.29, 1.82) is 0 Å². The molecule has 0 unspecified atom stereocenters. The Bertz CT molecular complexity index is 246. The molecule has 0 bridgehead atoms. The number of rotatable bonds is 3. The molecule has 1 heterocycles. The molecule has 1 N–H and O–H groups in total. The third-order valence-corrected chi connectivity index (χ3v) is 2.72. The highest BCUT2D eigenvalue weighted by atomic mass is 127. The molecule has 1 aliphatic rings. The number of aliphatic hydroxyl groups is 1. The molecule has 0 saturated carbocycles. The van der Waals surface area contributed by atoms with E-state index in [1.54, 1.807) is 0 Å². The van der Waals surface area contributed by atoms with Crippen molar-refractivity contribution in [3.05, 3.63) is 25.3 Å². The Hall–Kier alpha value is -0.560. The van der Waals surface area contributed by atoms with Crippen molar-refractivity contribution in [2.45, 2.75) is 11.7 Å². The molecule has 0 aromatic carbocycles. The Kier molecular flexibility index (Phi) is 2.97. The molecule has 1 amide bonds. The van der Waals surface area contributed by atoms with Crippen molar-refractivity contribution in [3.8, 4) is 0 Å². The van der Waals surface area contributed by atoms with E-state index in [0.29, 0.717) is 6.54 Å². The predicted molar refractivity (Wildman–Crippen MR) is 56.3 cm³/mol. The second kappa shape index (κ2) is 3.67. The normalized spacial score (nSPS) is 22.8. The first-order valence-electron chi connectivity index (χ1n) is 3.67. The van der Waals surface area contributed by atoms with Gasteiger partial charge in [0.15, 0.2) is 6.10 Å². The molecule has 1 aliphatic heterocycles. The number of hydrogen-bond donors (Lipinski definition) is 1. The van der Waals surface area contributed by atoms with Crippen LogP contribution in [0.4, 0.5) is 4.79 Å². The Balaban J connectivity index is 2.79. The number of cyclic esters (lactones) is 1. The van der Waals surface area contributed by atoms with E-state index in [2.05, 4.69) is 13.2 Å². The second-order valence-electron chi connectivity index (χ2n) is 2.71. The van der Waals surface area contributed by atoms with Gasteiger partial charge in [0.2, 0.25) is 0 Å². The summed E-state index contributed by atoms with van der Waals surface area (Å²) in [5.74, 6) is 0. The van der Waals surface area contributed by atoms with Gasteiger partial charge in [0.1, 0.15) is 5.60 Å². The fourth-order valence-electron chi connectivity index (χ4n) is 1.02. The average Bonchev–Trinajstić information content (AvgIpc) is 2.46. The molecule has 5 heteroatoms. The lowest BCUT2D eigenvalue weighted by atomic mass is 9.97. The maximum absolute atomic E-state index is 11.0. The zero-order valence-electron chi connectivity index (χ0n) is 6.94. The Morgan fingerprint density at radius 1 is 1.69 bits per heavy atom. The van der Waals surface area contributed by atoms with Gasteiger partial charge in [0, 0.05) is 0 Å². The molecule has 1 atom stereocenters. The van der Waals surface area contributed by atoms with Crippen molar-refractivity contribution in [3.63, 3.8) is 0 Å². The number of hydrogen-bond acceptors (Lipinski definition) is 3. The van der Waals surface area contributed by atoms with Crippen LogP contribution in [0, 0.1) is 0 Å². The molecule has 1 rings (SSSR count). The summed E-state index contributed by atoms with van der Waals surface area (Å²) < 4.78 is 6.27. The predicted octanol–water partition coefficient (Wildman–Crippen LogP) is 1.26. The van der Waals surface area contributed by atoms with Gasteiger partial charge >= 0.3 is 6.09 Å². The fraction of sp³-hybridized carbons (Fsp3) is 0.375. The molecule has 1 fully saturated rings. The Labute approximate surface area is 90.4 Å². The highest BCUT2D eigenvalue weighted by molar-refractivity contribution is 14.1. The topological polar surface area (TPSA) is 49.8 Å². The fourth-order valence-corrected chi connectivity index (χ4v) is 1.49. The van der Waals surface area contributed by atoms with Crippen LogP contribution in [0.3, 0.4) is 0 Å². The van der Waals surface area contributed by atoms with E-state index in [1.165, 1.54) is 15.3 Å². The summed E-state index contributed by atoms with van der Waals surface area (Å²) in [7, 11) is 0. The number of nitrogens with zero attached hydrogens (tertiary/aromatic N) is 1. The van der Waals surface area contributed by atoms with Crippen molar-refractivity contribution in [1.82, 2.24) is 3.11 Å². The summed E-state index contributed by atoms with van der Waals surface area (Å²) in [6, 6.07) is 0. The molecule has 0 spiro atoms. The van der Waals surface area contributed by atoms with Crippen LogP contribution in [-0.2, 0) is 4.74 Å². The maximum atomic E-state index is 11.0. The third kappa shape index (κ3) is 1.86. The summed E-state index contributed by atoms with van der Waals surface area (Å²) in [5, 5.41) is 9.82. The van der Waals surface area contributed by atoms with Crippen LogP contribution in [0.2, 0.25) is 0 Å². The van der Waals surface area contributed by atoms with E-state index in [0.717, 1.165) is 0 Å². The lowest BCUT2D eigenvalue weighted by molar-refractivity contribution is 0.0101. The van der Waals surface area contributed by atoms with Gasteiger partial charge in [-0.3, -0.25) is 0 Å². The number of carbonyl (C=O) groups excluding carboxylic acids is 1. The first kappa shape index (κ1) is 10.5. The van der Waals surface area contributed by atoms with Gasteiger partial charge in [-0.2, -0.15) is 0 Å². The monoisotopic (exact) mass is 295 g/mol. The third-order valence-electron chi connectivity index (χ3n) is 1.94. The largest absolute Gasteiger partial charge is 0.440 e. The molecule has 0 aliphatic carbocycles. The number of ether oxygens (including phenoxy) is 1.